The van der Waals surface area contributed by atoms with Gasteiger partial charge in [0.1, 0.15) is 11.8 Å². The van der Waals surface area contributed by atoms with Gasteiger partial charge in [0.05, 0.1) is 6.42 Å². The van der Waals surface area contributed by atoms with Gasteiger partial charge in [-0.25, -0.2) is 0 Å². The maximum atomic E-state index is 12.0. The third-order valence-corrected chi connectivity index (χ3v) is 4.07. The Morgan fingerprint density at radius 1 is 1.04 bits per heavy atom. The quantitative estimate of drug-likeness (QED) is 0.313. The van der Waals surface area contributed by atoms with Crippen molar-refractivity contribution in [1.82, 2.24) is 16.0 Å². The van der Waals surface area contributed by atoms with Gasteiger partial charge in [-0.3, -0.25) is 14.4 Å². The Hall–Kier alpha value is -2.61. The molecule has 1 aromatic carbocycles. The minimum atomic E-state index is -1.01. The summed E-state index contributed by atoms with van der Waals surface area (Å²) in [4.78, 5) is 35.4. The van der Waals surface area contributed by atoms with Crippen molar-refractivity contribution in [1.29, 1.82) is 0 Å². The maximum absolute atomic E-state index is 12.0. The van der Waals surface area contributed by atoms with Gasteiger partial charge < -0.3 is 26.8 Å². The molecule has 8 nitrogen and oxygen atoms in total. The molecule has 8 heteroatoms. The molecule has 0 aliphatic carbocycles. The third-order valence-electron chi connectivity index (χ3n) is 4.07. The van der Waals surface area contributed by atoms with Crippen molar-refractivity contribution in [3.8, 4) is 5.75 Å². The zero-order valence-electron chi connectivity index (χ0n) is 15.8. The lowest BCUT2D eigenvalue weighted by molar-refractivity contribution is -0.130. The van der Waals surface area contributed by atoms with Crippen molar-refractivity contribution in [3.05, 3.63) is 29.8 Å². The monoisotopic (exact) mass is 378 g/mol. The van der Waals surface area contributed by atoms with Crippen molar-refractivity contribution < 1.29 is 19.5 Å². The molecule has 0 saturated carbocycles. The van der Waals surface area contributed by atoms with Gasteiger partial charge in [-0.2, -0.15) is 0 Å². The van der Waals surface area contributed by atoms with Crippen LogP contribution in [0.1, 0.15) is 37.7 Å². The summed E-state index contributed by atoms with van der Waals surface area (Å²) in [7, 11) is 1.87. The van der Waals surface area contributed by atoms with E-state index in [2.05, 4.69) is 16.0 Å². The first-order valence-corrected chi connectivity index (χ1v) is 9.20. The zero-order chi connectivity index (χ0) is 20.1. The molecular formula is C19H30N4O4. The van der Waals surface area contributed by atoms with Crippen LogP contribution >= 0.6 is 0 Å². The standard InChI is InChI=1S/C19H30N4O4/c1-21-11-4-2-3-5-17(25)23-16(19(20)27)13-18(26)22-12-10-14-6-8-15(24)9-7-14/h6-9,16,21,24H,2-5,10-13H2,1H3,(H2,20,27)(H,22,26)(H,23,25). The van der Waals surface area contributed by atoms with Gasteiger partial charge in [-0.05, 0) is 50.6 Å². The minimum Gasteiger partial charge on any atom is -0.508 e. The molecule has 0 heterocycles. The van der Waals surface area contributed by atoms with E-state index in [0.717, 1.165) is 31.4 Å². The predicted molar refractivity (Wildman–Crippen MR) is 103 cm³/mol. The zero-order valence-corrected chi connectivity index (χ0v) is 15.8. The van der Waals surface area contributed by atoms with Gasteiger partial charge in [0.15, 0.2) is 0 Å². The van der Waals surface area contributed by atoms with Crippen molar-refractivity contribution in [2.75, 3.05) is 20.1 Å². The average molecular weight is 378 g/mol. The lowest BCUT2D eigenvalue weighted by atomic mass is 10.1. The number of nitrogens with one attached hydrogen (secondary N) is 3. The molecular weight excluding hydrogens is 348 g/mol. The molecule has 1 unspecified atom stereocenters. The van der Waals surface area contributed by atoms with Crippen LogP contribution in [0, 0.1) is 0 Å². The molecule has 0 aliphatic rings. The second kappa shape index (κ2) is 12.7. The number of phenolic OH excluding ortho intramolecular Hbond substituents is 1. The molecule has 3 amide bonds. The van der Waals surface area contributed by atoms with E-state index in [1.165, 1.54) is 0 Å². The van der Waals surface area contributed by atoms with E-state index >= 15 is 0 Å². The van der Waals surface area contributed by atoms with E-state index < -0.39 is 11.9 Å². The van der Waals surface area contributed by atoms with E-state index in [-0.39, 0.29) is 24.0 Å². The van der Waals surface area contributed by atoms with Crippen molar-refractivity contribution >= 4 is 17.7 Å². The highest BCUT2D eigenvalue weighted by molar-refractivity contribution is 5.91. The normalized spacial score (nSPS) is 11.6. The van der Waals surface area contributed by atoms with Crippen LogP contribution in [0.3, 0.4) is 0 Å². The first kappa shape index (κ1) is 22.4. The SMILES string of the molecule is CNCCCCCC(=O)NC(CC(=O)NCCc1ccc(O)cc1)C(N)=O. The fourth-order valence-corrected chi connectivity index (χ4v) is 2.52. The molecule has 150 valence electrons. The van der Waals surface area contributed by atoms with Crippen molar-refractivity contribution in [3.63, 3.8) is 0 Å². The summed E-state index contributed by atoms with van der Waals surface area (Å²) < 4.78 is 0. The Balaban J connectivity index is 2.31. The summed E-state index contributed by atoms with van der Waals surface area (Å²) >= 11 is 0. The number of benzene rings is 1. The van der Waals surface area contributed by atoms with E-state index in [0.29, 0.717) is 19.4 Å². The van der Waals surface area contributed by atoms with Gasteiger partial charge in [0.25, 0.3) is 0 Å². The van der Waals surface area contributed by atoms with Crippen molar-refractivity contribution in [2.24, 2.45) is 5.73 Å². The molecule has 6 N–H and O–H groups in total. The van der Waals surface area contributed by atoms with Crippen LogP contribution in [0.5, 0.6) is 5.75 Å². The lowest BCUT2D eigenvalue weighted by Gasteiger charge is -2.15. The summed E-state index contributed by atoms with van der Waals surface area (Å²) in [6.07, 6.45) is 3.32. The summed E-state index contributed by atoms with van der Waals surface area (Å²) in [6, 6.07) is 5.68. The Labute approximate surface area is 159 Å². The summed E-state index contributed by atoms with van der Waals surface area (Å²) in [5.74, 6) is -1.18. The lowest BCUT2D eigenvalue weighted by Crippen LogP contribution is -2.47. The van der Waals surface area contributed by atoms with Crippen LogP contribution in [-0.4, -0.2) is 49.0 Å². The van der Waals surface area contributed by atoms with E-state index in [1.807, 2.05) is 7.05 Å². The number of hydrogen-bond donors (Lipinski definition) is 5. The summed E-state index contributed by atoms with van der Waals surface area (Å²) in [5.41, 5.74) is 6.26. The maximum Gasteiger partial charge on any atom is 0.240 e. The molecule has 0 saturated heterocycles. The topological polar surface area (TPSA) is 134 Å². The number of carbonyl (C=O) groups is 3. The molecule has 0 fully saturated rings. The van der Waals surface area contributed by atoms with Crippen molar-refractivity contribution in [2.45, 2.75) is 44.6 Å². The first-order valence-electron chi connectivity index (χ1n) is 9.20. The molecule has 0 bridgehead atoms. The summed E-state index contributed by atoms with van der Waals surface area (Å²) in [5, 5.41) is 17.5. The van der Waals surface area contributed by atoms with Crippen LogP contribution in [-0.2, 0) is 20.8 Å². The molecule has 1 atom stereocenters. The Bertz CT molecular complexity index is 604. The van der Waals surface area contributed by atoms with E-state index in [9.17, 15) is 19.5 Å². The Morgan fingerprint density at radius 3 is 2.37 bits per heavy atom. The van der Waals surface area contributed by atoms with Crippen LogP contribution in [0.25, 0.3) is 0 Å². The van der Waals surface area contributed by atoms with Gasteiger partial charge in [0.2, 0.25) is 17.7 Å². The second-order valence-electron chi connectivity index (χ2n) is 6.41. The number of carbonyl (C=O) groups excluding carboxylic acids is 3. The molecule has 0 spiro atoms. The highest BCUT2D eigenvalue weighted by Gasteiger charge is 2.21. The van der Waals surface area contributed by atoms with Gasteiger partial charge in [0, 0.05) is 13.0 Å². The molecule has 0 aliphatic heterocycles. The highest BCUT2D eigenvalue weighted by atomic mass is 16.3. The number of nitrogens with two attached hydrogens (primary N) is 1. The Morgan fingerprint density at radius 2 is 1.74 bits per heavy atom. The molecule has 0 radical (unpaired) electrons. The van der Waals surface area contributed by atoms with Gasteiger partial charge in [-0.1, -0.05) is 18.6 Å². The predicted octanol–water partition coefficient (Wildman–Crippen LogP) is 0.191. The van der Waals surface area contributed by atoms with Gasteiger partial charge >= 0.3 is 0 Å². The number of unbranched alkanes of at least 4 members (excludes halogenated alkanes) is 2. The number of phenols is 1. The van der Waals surface area contributed by atoms with Crippen LogP contribution in [0.4, 0.5) is 0 Å². The fraction of sp³-hybridized carbons (Fsp3) is 0.526. The second-order valence-corrected chi connectivity index (χ2v) is 6.41. The largest absolute Gasteiger partial charge is 0.508 e. The fourth-order valence-electron chi connectivity index (χ4n) is 2.52. The molecule has 1 aromatic rings. The highest BCUT2D eigenvalue weighted by Crippen LogP contribution is 2.09. The summed E-state index contributed by atoms with van der Waals surface area (Å²) in [6.45, 7) is 1.28. The molecule has 0 aromatic heterocycles. The number of primary amides is 1. The first-order chi connectivity index (χ1) is 12.9. The van der Waals surface area contributed by atoms with Gasteiger partial charge in [-0.15, -0.1) is 0 Å². The molecule has 27 heavy (non-hydrogen) atoms. The number of aromatic hydroxyl groups is 1. The van der Waals surface area contributed by atoms with Crippen LogP contribution in [0.2, 0.25) is 0 Å². The Kier molecular flexibility index (Phi) is 10.5. The number of hydrogen-bond acceptors (Lipinski definition) is 5. The number of rotatable bonds is 13. The minimum absolute atomic E-state index is 0.184. The van der Waals surface area contributed by atoms with Crippen LogP contribution < -0.4 is 21.7 Å². The molecule has 1 rings (SSSR count). The average Bonchev–Trinajstić information content (AvgIpc) is 2.62. The van der Waals surface area contributed by atoms with E-state index in [1.54, 1.807) is 24.3 Å². The smallest absolute Gasteiger partial charge is 0.240 e. The number of amides is 3. The van der Waals surface area contributed by atoms with E-state index in [4.69, 9.17) is 5.73 Å². The third kappa shape index (κ3) is 10.2. The van der Waals surface area contributed by atoms with Crippen LogP contribution in [0.15, 0.2) is 24.3 Å².